The number of methoxy groups -OCH3 is 2. The van der Waals surface area contributed by atoms with Crippen LogP contribution >= 0.6 is 0 Å². The van der Waals surface area contributed by atoms with Gasteiger partial charge in [-0.2, -0.15) is 5.10 Å². The van der Waals surface area contributed by atoms with Crippen molar-refractivity contribution in [2.75, 3.05) is 41.5 Å². The number of rotatable bonds is 8. The zero-order chi connectivity index (χ0) is 14.4. The topological polar surface area (TPSA) is 82.6 Å². The highest BCUT2D eigenvalue weighted by Crippen LogP contribution is 2.19. The largest absolute Gasteiger partial charge is 0.493 e. The average Bonchev–Trinajstić information content (AvgIpc) is 2.78. The van der Waals surface area contributed by atoms with Gasteiger partial charge in [-0.05, 0) is 14.1 Å². The lowest BCUT2D eigenvalue weighted by molar-refractivity contribution is 0.0877. The molecular formula is C12H22N4O3. The Labute approximate surface area is 113 Å². The zero-order valence-corrected chi connectivity index (χ0v) is 11.9. The molecule has 0 bridgehead atoms. The third-order valence-corrected chi connectivity index (χ3v) is 2.70. The molecule has 0 aliphatic rings. The first-order valence-electron chi connectivity index (χ1n) is 6.04. The molecule has 1 rings (SSSR count). The molecular weight excluding hydrogens is 248 g/mol. The molecule has 0 radical (unpaired) electrons. The molecule has 1 heterocycles. The van der Waals surface area contributed by atoms with Gasteiger partial charge in [0.05, 0.1) is 32.5 Å². The van der Waals surface area contributed by atoms with Crippen LogP contribution in [0, 0.1) is 0 Å². The van der Waals surface area contributed by atoms with Crippen molar-refractivity contribution in [1.82, 2.24) is 14.7 Å². The minimum atomic E-state index is -0.714. The number of nitrogens with zero attached hydrogens (tertiary/aromatic N) is 3. The van der Waals surface area contributed by atoms with Gasteiger partial charge in [-0.25, -0.2) is 0 Å². The fourth-order valence-electron chi connectivity index (χ4n) is 1.66. The fourth-order valence-corrected chi connectivity index (χ4v) is 1.66. The molecule has 1 aromatic rings. The second-order valence-corrected chi connectivity index (χ2v) is 4.51. The highest BCUT2D eigenvalue weighted by Gasteiger charge is 2.24. The van der Waals surface area contributed by atoms with Gasteiger partial charge in [0, 0.05) is 13.7 Å². The number of ketones is 1. The standard InChI is InChI=1S/C12H22N4O3/c1-15(2)5-6-16-11(10(19-4)7-14-16)12(17)9(13)8-18-3/h7,9H,5-6,8,13H2,1-4H3. The maximum absolute atomic E-state index is 12.3. The summed E-state index contributed by atoms with van der Waals surface area (Å²) in [5.74, 6) is 0.213. The minimum Gasteiger partial charge on any atom is -0.493 e. The molecule has 0 saturated heterocycles. The summed E-state index contributed by atoms with van der Waals surface area (Å²) >= 11 is 0. The lowest BCUT2D eigenvalue weighted by atomic mass is 10.1. The molecule has 0 aliphatic heterocycles. The highest BCUT2D eigenvalue weighted by molar-refractivity contribution is 6.00. The Bertz CT molecular complexity index is 417. The van der Waals surface area contributed by atoms with Crippen LogP contribution in [0.1, 0.15) is 10.5 Å². The van der Waals surface area contributed by atoms with Gasteiger partial charge in [0.2, 0.25) is 5.78 Å². The summed E-state index contributed by atoms with van der Waals surface area (Å²) in [6.45, 7) is 1.53. The predicted molar refractivity (Wildman–Crippen MR) is 71.5 cm³/mol. The molecule has 1 unspecified atom stereocenters. The maximum Gasteiger partial charge on any atom is 0.203 e. The first-order valence-corrected chi connectivity index (χ1v) is 6.04. The monoisotopic (exact) mass is 270 g/mol. The van der Waals surface area contributed by atoms with Gasteiger partial charge in [0.25, 0.3) is 0 Å². The fraction of sp³-hybridized carbons (Fsp3) is 0.667. The normalized spacial score (nSPS) is 12.7. The van der Waals surface area contributed by atoms with Crippen LogP contribution < -0.4 is 10.5 Å². The minimum absolute atomic E-state index is 0.168. The van der Waals surface area contributed by atoms with Crippen molar-refractivity contribution in [1.29, 1.82) is 0 Å². The number of ether oxygens (including phenoxy) is 2. The van der Waals surface area contributed by atoms with Crippen molar-refractivity contribution in [3.8, 4) is 5.75 Å². The van der Waals surface area contributed by atoms with Crippen molar-refractivity contribution in [3.05, 3.63) is 11.9 Å². The van der Waals surface area contributed by atoms with Gasteiger partial charge in [-0.3, -0.25) is 9.48 Å². The third-order valence-electron chi connectivity index (χ3n) is 2.70. The Morgan fingerprint density at radius 2 is 2.21 bits per heavy atom. The van der Waals surface area contributed by atoms with Gasteiger partial charge < -0.3 is 20.1 Å². The van der Waals surface area contributed by atoms with Crippen LogP contribution in [-0.2, 0) is 11.3 Å². The molecule has 0 fully saturated rings. The summed E-state index contributed by atoms with van der Waals surface area (Å²) in [6.07, 6.45) is 1.53. The Morgan fingerprint density at radius 3 is 2.74 bits per heavy atom. The summed E-state index contributed by atoms with van der Waals surface area (Å²) in [4.78, 5) is 14.3. The van der Waals surface area contributed by atoms with E-state index in [0.29, 0.717) is 18.0 Å². The third kappa shape index (κ3) is 4.02. The zero-order valence-electron chi connectivity index (χ0n) is 11.9. The summed E-state index contributed by atoms with van der Waals surface area (Å²) < 4.78 is 11.7. The molecule has 0 aliphatic carbocycles. The SMILES string of the molecule is COCC(N)C(=O)c1c(OC)cnn1CCN(C)C. The number of hydrogen-bond acceptors (Lipinski definition) is 6. The van der Waals surface area contributed by atoms with Crippen molar-refractivity contribution in [2.45, 2.75) is 12.6 Å². The lowest BCUT2D eigenvalue weighted by Crippen LogP contribution is -2.36. The molecule has 7 heteroatoms. The van der Waals surface area contributed by atoms with Gasteiger partial charge in [-0.15, -0.1) is 0 Å². The van der Waals surface area contributed by atoms with E-state index in [2.05, 4.69) is 5.10 Å². The summed E-state index contributed by atoms with van der Waals surface area (Å²) in [6, 6.07) is -0.714. The Hall–Kier alpha value is -1.44. The molecule has 1 aromatic heterocycles. The van der Waals surface area contributed by atoms with E-state index in [9.17, 15) is 4.79 Å². The van der Waals surface area contributed by atoms with Crippen LogP contribution in [0.15, 0.2) is 6.20 Å². The van der Waals surface area contributed by atoms with E-state index in [0.717, 1.165) is 6.54 Å². The van der Waals surface area contributed by atoms with E-state index >= 15 is 0 Å². The van der Waals surface area contributed by atoms with E-state index in [-0.39, 0.29) is 12.4 Å². The molecule has 1 atom stereocenters. The van der Waals surface area contributed by atoms with E-state index < -0.39 is 6.04 Å². The average molecular weight is 270 g/mol. The molecule has 19 heavy (non-hydrogen) atoms. The van der Waals surface area contributed by atoms with Crippen molar-refractivity contribution < 1.29 is 14.3 Å². The van der Waals surface area contributed by atoms with Gasteiger partial charge in [0.15, 0.2) is 5.75 Å². The molecule has 7 nitrogen and oxygen atoms in total. The number of carbonyl (C=O) groups is 1. The van der Waals surface area contributed by atoms with Gasteiger partial charge >= 0.3 is 0 Å². The molecule has 0 amide bonds. The Morgan fingerprint density at radius 1 is 1.53 bits per heavy atom. The molecule has 2 N–H and O–H groups in total. The van der Waals surface area contributed by atoms with Crippen molar-refractivity contribution >= 4 is 5.78 Å². The Balaban J connectivity index is 2.95. The van der Waals surface area contributed by atoms with E-state index in [1.54, 1.807) is 4.68 Å². The lowest BCUT2D eigenvalue weighted by Gasteiger charge is -2.14. The Kier molecular flexibility index (Phi) is 5.94. The molecule has 0 aromatic carbocycles. The first-order chi connectivity index (χ1) is 9.01. The van der Waals surface area contributed by atoms with Gasteiger partial charge in [-0.1, -0.05) is 0 Å². The van der Waals surface area contributed by atoms with E-state index in [1.165, 1.54) is 20.4 Å². The highest BCUT2D eigenvalue weighted by atomic mass is 16.5. The number of hydrogen-bond donors (Lipinski definition) is 1. The molecule has 0 saturated carbocycles. The summed E-state index contributed by atoms with van der Waals surface area (Å²) in [5, 5.41) is 4.17. The van der Waals surface area contributed by atoms with Crippen LogP contribution in [0.2, 0.25) is 0 Å². The number of carbonyl (C=O) groups excluding carboxylic acids is 1. The predicted octanol–water partition coefficient (Wildman–Crippen LogP) is -0.390. The molecule has 108 valence electrons. The van der Waals surface area contributed by atoms with Crippen LogP contribution in [0.5, 0.6) is 5.75 Å². The first kappa shape index (κ1) is 15.6. The summed E-state index contributed by atoms with van der Waals surface area (Å²) in [5.41, 5.74) is 6.18. The van der Waals surface area contributed by atoms with E-state index in [4.69, 9.17) is 15.2 Å². The second-order valence-electron chi connectivity index (χ2n) is 4.51. The number of nitrogens with two attached hydrogens (primary N) is 1. The van der Waals surface area contributed by atoms with Crippen molar-refractivity contribution in [3.63, 3.8) is 0 Å². The van der Waals surface area contributed by atoms with Crippen LogP contribution in [0.25, 0.3) is 0 Å². The second kappa shape index (κ2) is 7.22. The van der Waals surface area contributed by atoms with Crippen LogP contribution in [0.3, 0.4) is 0 Å². The number of likely N-dealkylation sites (N-methyl/N-ethyl adjacent to an activating group) is 1. The quantitative estimate of drug-likeness (QED) is 0.648. The van der Waals surface area contributed by atoms with Crippen LogP contribution in [0.4, 0.5) is 0 Å². The van der Waals surface area contributed by atoms with Crippen molar-refractivity contribution in [2.24, 2.45) is 5.73 Å². The summed E-state index contributed by atoms with van der Waals surface area (Å²) in [7, 11) is 6.93. The number of Topliss-reactive ketones (excluding diaryl/α,β-unsaturated/α-hetero) is 1. The smallest absolute Gasteiger partial charge is 0.203 e. The van der Waals surface area contributed by atoms with E-state index in [1.807, 2.05) is 19.0 Å². The van der Waals surface area contributed by atoms with Gasteiger partial charge in [0.1, 0.15) is 5.69 Å². The van der Waals surface area contributed by atoms with Crippen LogP contribution in [-0.4, -0.2) is 68.0 Å². The molecule has 0 spiro atoms. The maximum atomic E-state index is 12.3. The number of aromatic nitrogens is 2.